The van der Waals surface area contributed by atoms with Crippen LogP contribution in [0.4, 0.5) is 0 Å². The van der Waals surface area contributed by atoms with Crippen LogP contribution >= 0.6 is 0 Å². The van der Waals surface area contributed by atoms with Crippen molar-refractivity contribution >= 4 is 26.5 Å². The second-order valence-electron chi connectivity index (χ2n) is 8.04. The fourth-order valence-corrected chi connectivity index (χ4v) is 4.70. The maximum absolute atomic E-state index is 9.03. The van der Waals surface area contributed by atoms with Crippen molar-refractivity contribution in [2.45, 2.75) is 58.7 Å². The van der Waals surface area contributed by atoms with Crippen LogP contribution in [0.15, 0.2) is 24.4 Å². The molecule has 0 atom stereocenters. The second-order valence-corrected chi connectivity index (χ2v) is 13.1. The average molecular weight is 333 g/mol. The molecule has 0 aliphatic carbocycles. The third-order valence-electron chi connectivity index (χ3n) is 5.11. The number of rotatable bonds is 4. The summed E-state index contributed by atoms with van der Waals surface area (Å²) in [4.78, 5) is 0. The summed E-state index contributed by atoms with van der Waals surface area (Å²) in [6.07, 6.45) is 2.28. The van der Waals surface area contributed by atoms with Crippen molar-refractivity contribution in [3.05, 3.63) is 30.0 Å². The maximum Gasteiger partial charge on any atom is 0.707 e. The average Bonchev–Trinajstić information content (AvgIpc) is 2.75. The topological polar surface area (TPSA) is 54.6 Å². The van der Waals surface area contributed by atoms with Crippen LogP contribution in [0.3, 0.4) is 0 Å². The first-order chi connectivity index (χ1) is 10.4. The molecule has 1 heterocycles. The third-order valence-corrected chi connectivity index (χ3v) is 10.4. The number of hydrogen-bond donors (Lipinski definition) is 2. The summed E-state index contributed by atoms with van der Waals surface area (Å²) in [7, 11) is -3.54. The summed E-state index contributed by atoms with van der Waals surface area (Å²) in [6.45, 7) is 16.0. The normalized spacial score (nSPS) is 13.0. The minimum absolute atomic E-state index is 0.226. The predicted octanol–water partition coefficient (Wildman–Crippen LogP) is 3.97. The van der Waals surface area contributed by atoms with E-state index in [0.29, 0.717) is 11.7 Å². The van der Waals surface area contributed by atoms with Crippen LogP contribution in [0.2, 0.25) is 18.1 Å². The minimum Gasteiger partial charge on any atom is -0.512 e. The Hall–Kier alpha value is -1.24. The van der Waals surface area contributed by atoms with E-state index in [-0.39, 0.29) is 5.04 Å². The number of nitrogens with zero attached hydrogens (tertiary/aromatic N) is 1. The molecule has 0 aliphatic heterocycles. The van der Waals surface area contributed by atoms with Gasteiger partial charge in [-0.2, -0.15) is 0 Å². The summed E-state index contributed by atoms with van der Waals surface area (Å²) >= 11 is 0. The van der Waals surface area contributed by atoms with Crippen LogP contribution < -0.4 is 4.65 Å². The zero-order valence-electron chi connectivity index (χ0n) is 15.2. The molecule has 0 amide bonds. The summed E-state index contributed by atoms with van der Waals surface area (Å²) < 4.78 is 7.50. The number of benzene rings is 1. The quantitative estimate of drug-likeness (QED) is 0.833. The molecule has 0 aliphatic rings. The van der Waals surface area contributed by atoms with Crippen LogP contribution in [-0.4, -0.2) is 29.8 Å². The molecule has 6 heteroatoms. The zero-order chi connectivity index (χ0) is 17.6. The lowest BCUT2D eigenvalue weighted by atomic mass is 10.0. The summed E-state index contributed by atoms with van der Waals surface area (Å²) in [6, 6.07) is 5.74. The minimum atomic E-state index is -1.79. The zero-order valence-corrected chi connectivity index (χ0v) is 16.2. The molecule has 0 unspecified atom stereocenters. The van der Waals surface area contributed by atoms with Gasteiger partial charge >= 0.3 is 7.32 Å². The lowest BCUT2D eigenvalue weighted by Crippen LogP contribution is -2.44. The van der Waals surface area contributed by atoms with E-state index in [4.69, 9.17) is 14.7 Å². The third kappa shape index (κ3) is 3.34. The molecule has 4 nitrogen and oxygen atoms in total. The monoisotopic (exact) mass is 333 g/mol. The molecule has 2 rings (SSSR count). The van der Waals surface area contributed by atoms with Gasteiger partial charge in [0.15, 0.2) is 8.24 Å². The van der Waals surface area contributed by atoms with Gasteiger partial charge in [-0.1, -0.05) is 47.7 Å². The molecular weight excluding hydrogens is 305 g/mol. The summed E-state index contributed by atoms with van der Waals surface area (Å²) in [5.41, 5.74) is 2.46. The molecular formula is C17H28BNO3Si. The van der Waals surface area contributed by atoms with Crippen molar-refractivity contribution in [3.8, 4) is 5.75 Å². The fourth-order valence-electron chi connectivity index (χ4n) is 2.71. The van der Waals surface area contributed by atoms with E-state index in [1.807, 2.05) is 12.1 Å². The van der Waals surface area contributed by atoms with E-state index < -0.39 is 15.6 Å². The Bertz CT molecular complexity index is 702. The van der Waals surface area contributed by atoms with Crippen molar-refractivity contribution in [1.82, 2.24) is 4.23 Å². The van der Waals surface area contributed by atoms with Gasteiger partial charge in [0.25, 0.3) is 0 Å². The highest BCUT2D eigenvalue weighted by molar-refractivity contribution is 6.79. The van der Waals surface area contributed by atoms with Crippen LogP contribution in [0.5, 0.6) is 5.75 Å². The molecule has 0 radical (unpaired) electrons. The van der Waals surface area contributed by atoms with Crippen molar-refractivity contribution in [1.29, 1.82) is 0 Å². The van der Waals surface area contributed by atoms with Gasteiger partial charge in [0.05, 0.1) is 0 Å². The predicted molar refractivity (Wildman–Crippen MR) is 99.4 cm³/mol. The van der Waals surface area contributed by atoms with Crippen LogP contribution in [0, 0.1) is 0 Å². The van der Waals surface area contributed by atoms with Gasteiger partial charge in [0.2, 0.25) is 0 Å². The first-order valence-electron chi connectivity index (χ1n) is 8.13. The SMILES string of the molecule is CC(C)c1cn([Si](C)(C)C(C)(C)C)c2ccc(OB(O)O)cc12. The van der Waals surface area contributed by atoms with Crippen molar-refractivity contribution in [2.24, 2.45) is 0 Å². The highest BCUT2D eigenvalue weighted by Crippen LogP contribution is 2.41. The van der Waals surface area contributed by atoms with Gasteiger partial charge in [0, 0.05) is 10.9 Å². The van der Waals surface area contributed by atoms with Gasteiger partial charge in [-0.15, -0.1) is 0 Å². The van der Waals surface area contributed by atoms with E-state index in [2.05, 4.69) is 58.1 Å². The lowest BCUT2D eigenvalue weighted by Gasteiger charge is -2.38. The van der Waals surface area contributed by atoms with E-state index in [1.54, 1.807) is 6.07 Å². The van der Waals surface area contributed by atoms with Crippen molar-refractivity contribution < 1.29 is 14.7 Å². The maximum atomic E-state index is 9.03. The van der Waals surface area contributed by atoms with Gasteiger partial charge in [-0.05, 0) is 40.9 Å². The smallest absolute Gasteiger partial charge is 0.512 e. The Kier molecular flexibility index (Phi) is 4.72. The first kappa shape index (κ1) is 18.1. The molecule has 1 aromatic heterocycles. The Morgan fingerprint density at radius 3 is 2.26 bits per heavy atom. The molecule has 2 N–H and O–H groups in total. The van der Waals surface area contributed by atoms with Crippen molar-refractivity contribution in [2.75, 3.05) is 0 Å². The molecule has 23 heavy (non-hydrogen) atoms. The fraction of sp³-hybridized carbons (Fsp3) is 0.529. The lowest BCUT2D eigenvalue weighted by molar-refractivity contribution is 0.288. The Morgan fingerprint density at radius 1 is 1.17 bits per heavy atom. The summed E-state index contributed by atoms with van der Waals surface area (Å²) in [5.74, 6) is 0.861. The Labute approximate surface area is 140 Å². The second kappa shape index (κ2) is 6.00. The van der Waals surface area contributed by atoms with E-state index in [1.165, 1.54) is 11.1 Å². The van der Waals surface area contributed by atoms with Crippen molar-refractivity contribution in [3.63, 3.8) is 0 Å². The molecule has 0 bridgehead atoms. The van der Waals surface area contributed by atoms with E-state index in [0.717, 1.165) is 5.39 Å². The van der Waals surface area contributed by atoms with Gasteiger partial charge < -0.3 is 18.9 Å². The standard InChI is InChI=1S/C17H28BNO3Si/c1-12(2)15-11-19(23(6,7)17(3,4)5)16-9-8-13(10-14(15)16)22-18(20)21/h8-12,20-21H,1-7H3. The number of aromatic nitrogens is 1. The number of fused-ring (bicyclic) bond motifs is 1. The summed E-state index contributed by atoms with van der Waals surface area (Å²) in [5, 5.41) is 19.4. The highest BCUT2D eigenvalue weighted by atomic mass is 28.3. The molecule has 1 aromatic carbocycles. The Balaban J connectivity index is 2.69. The Morgan fingerprint density at radius 2 is 1.78 bits per heavy atom. The van der Waals surface area contributed by atoms with Crippen LogP contribution in [-0.2, 0) is 0 Å². The first-order valence-corrected chi connectivity index (χ1v) is 11.1. The van der Waals surface area contributed by atoms with Crippen LogP contribution in [0.25, 0.3) is 10.9 Å². The molecule has 0 fully saturated rings. The molecule has 2 aromatic rings. The van der Waals surface area contributed by atoms with E-state index >= 15 is 0 Å². The molecule has 0 spiro atoms. The molecule has 126 valence electrons. The number of hydrogen-bond acceptors (Lipinski definition) is 3. The van der Waals surface area contributed by atoms with Gasteiger partial charge in [-0.25, -0.2) is 0 Å². The van der Waals surface area contributed by atoms with Crippen LogP contribution in [0.1, 0.15) is 46.1 Å². The van der Waals surface area contributed by atoms with E-state index in [9.17, 15) is 0 Å². The molecule has 0 saturated carbocycles. The highest BCUT2D eigenvalue weighted by Gasteiger charge is 2.38. The van der Waals surface area contributed by atoms with Gasteiger partial charge in [0.1, 0.15) is 5.75 Å². The molecule has 0 saturated heterocycles. The largest absolute Gasteiger partial charge is 0.707 e. The van der Waals surface area contributed by atoms with Gasteiger partial charge in [-0.3, -0.25) is 0 Å².